The lowest BCUT2D eigenvalue weighted by molar-refractivity contribution is 0.121. The van der Waals surface area contributed by atoms with Crippen LogP contribution in [0.15, 0.2) is 0 Å². The van der Waals surface area contributed by atoms with Crippen molar-refractivity contribution in [3.8, 4) is 0 Å². The summed E-state index contributed by atoms with van der Waals surface area (Å²) in [4.78, 5) is 0. The Morgan fingerprint density at radius 3 is 1.52 bits per heavy atom. The van der Waals surface area contributed by atoms with Gasteiger partial charge in [0.1, 0.15) is 0 Å². The summed E-state index contributed by atoms with van der Waals surface area (Å²) in [6.45, 7) is 6.62. The highest BCUT2D eigenvalue weighted by molar-refractivity contribution is 6.60. The highest BCUT2D eigenvalue weighted by Gasteiger charge is 2.37. The molecule has 5 heteroatoms. The third-order valence-electron chi connectivity index (χ3n) is 5.93. The van der Waals surface area contributed by atoms with Crippen LogP contribution in [0.2, 0.25) is 6.04 Å². The molecule has 0 aromatic heterocycles. The van der Waals surface area contributed by atoms with E-state index in [0.29, 0.717) is 5.92 Å². The van der Waals surface area contributed by atoms with E-state index in [1.165, 1.54) is 70.6 Å². The van der Waals surface area contributed by atoms with Crippen molar-refractivity contribution in [2.75, 3.05) is 21.3 Å². The molecule has 0 rings (SSSR count). The predicted octanol–water partition coefficient (Wildman–Crippen LogP) is 6.31. The molecule has 0 saturated heterocycles. The van der Waals surface area contributed by atoms with Gasteiger partial charge in [0.25, 0.3) is 0 Å². The summed E-state index contributed by atoms with van der Waals surface area (Å²) in [6.07, 6.45) is 17.2. The molecule has 2 N–H and O–H groups in total. The monoisotopic (exact) mass is 403 g/mol. The van der Waals surface area contributed by atoms with E-state index in [1.54, 1.807) is 21.3 Å². The van der Waals surface area contributed by atoms with Crippen molar-refractivity contribution in [1.82, 2.24) is 0 Å². The summed E-state index contributed by atoms with van der Waals surface area (Å²) >= 11 is 0. The molecule has 164 valence electrons. The average molecular weight is 404 g/mol. The summed E-state index contributed by atoms with van der Waals surface area (Å²) in [5.41, 5.74) is 6.34. The van der Waals surface area contributed by atoms with Gasteiger partial charge in [0.15, 0.2) is 0 Å². The van der Waals surface area contributed by atoms with Crippen LogP contribution in [-0.4, -0.2) is 35.7 Å². The number of nitrogens with two attached hydrogens (primary N) is 1. The van der Waals surface area contributed by atoms with Crippen molar-refractivity contribution in [2.45, 2.75) is 116 Å². The van der Waals surface area contributed by atoms with Crippen LogP contribution < -0.4 is 5.73 Å². The van der Waals surface area contributed by atoms with Crippen LogP contribution in [0.5, 0.6) is 0 Å². The van der Waals surface area contributed by atoms with Crippen molar-refractivity contribution in [3.05, 3.63) is 0 Å². The molecule has 0 fully saturated rings. The third kappa shape index (κ3) is 13.0. The van der Waals surface area contributed by atoms with Crippen LogP contribution in [0.1, 0.15) is 104 Å². The minimum atomic E-state index is -2.45. The standard InChI is InChI=1S/C22H49NO3Si/c1-7-8-9-10-11-12-13-14-15-16-18-21(22(2,3)23)19-17-20-27(24-4,25-5)26-6/h21H,7-20,23H2,1-6H3. The Morgan fingerprint density at radius 2 is 1.11 bits per heavy atom. The van der Waals surface area contributed by atoms with E-state index in [4.69, 9.17) is 19.0 Å². The van der Waals surface area contributed by atoms with Gasteiger partial charge in [-0.15, -0.1) is 0 Å². The van der Waals surface area contributed by atoms with E-state index in [2.05, 4.69) is 20.8 Å². The Morgan fingerprint density at radius 1 is 0.704 bits per heavy atom. The molecule has 0 heterocycles. The van der Waals surface area contributed by atoms with Gasteiger partial charge in [0, 0.05) is 32.9 Å². The van der Waals surface area contributed by atoms with E-state index in [9.17, 15) is 0 Å². The predicted molar refractivity (Wildman–Crippen MR) is 119 cm³/mol. The molecule has 0 amide bonds. The summed E-state index contributed by atoms with van der Waals surface area (Å²) in [6, 6.07) is 0.862. The van der Waals surface area contributed by atoms with Gasteiger partial charge < -0.3 is 19.0 Å². The smallest absolute Gasteiger partial charge is 0.377 e. The zero-order valence-electron chi connectivity index (χ0n) is 19.3. The highest BCUT2D eigenvalue weighted by Crippen LogP contribution is 2.28. The minimum absolute atomic E-state index is 0.128. The van der Waals surface area contributed by atoms with Crippen LogP contribution in [-0.2, 0) is 13.3 Å². The second-order valence-corrected chi connectivity index (χ2v) is 11.8. The van der Waals surface area contributed by atoms with Gasteiger partial charge in [-0.05, 0) is 39.0 Å². The van der Waals surface area contributed by atoms with Crippen LogP contribution in [0.25, 0.3) is 0 Å². The topological polar surface area (TPSA) is 53.7 Å². The maximum Gasteiger partial charge on any atom is 0.500 e. The van der Waals surface area contributed by atoms with Crippen LogP contribution in [0.4, 0.5) is 0 Å². The Labute approximate surface area is 171 Å². The van der Waals surface area contributed by atoms with Crippen LogP contribution >= 0.6 is 0 Å². The van der Waals surface area contributed by atoms with Gasteiger partial charge in [-0.1, -0.05) is 71.1 Å². The van der Waals surface area contributed by atoms with E-state index in [0.717, 1.165) is 18.9 Å². The van der Waals surface area contributed by atoms with Gasteiger partial charge in [0.2, 0.25) is 0 Å². The Bertz CT molecular complexity index is 322. The lowest BCUT2D eigenvalue weighted by Crippen LogP contribution is -2.44. The molecular formula is C22H49NO3Si. The Hall–Kier alpha value is 0.0569. The molecule has 0 aromatic rings. The molecule has 0 aromatic carbocycles. The first-order valence-corrected chi connectivity index (χ1v) is 13.2. The summed E-state index contributed by atoms with van der Waals surface area (Å²) in [7, 11) is 2.61. The summed E-state index contributed by atoms with van der Waals surface area (Å²) in [5, 5.41) is 0. The first kappa shape index (κ1) is 27.1. The molecule has 0 aliphatic carbocycles. The lowest BCUT2D eigenvalue weighted by Gasteiger charge is -2.32. The summed E-state index contributed by atoms with van der Waals surface area (Å²) in [5.74, 6) is 0.545. The number of hydrogen-bond donors (Lipinski definition) is 1. The van der Waals surface area contributed by atoms with Crippen molar-refractivity contribution in [3.63, 3.8) is 0 Å². The molecule has 1 atom stereocenters. The van der Waals surface area contributed by atoms with Crippen molar-refractivity contribution in [1.29, 1.82) is 0 Å². The van der Waals surface area contributed by atoms with Crippen LogP contribution in [0.3, 0.4) is 0 Å². The molecule has 0 bridgehead atoms. The zero-order chi connectivity index (χ0) is 20.6. The molecule has 0 radical (unpaired) electrons. The fraction of sp³-hybridized carbons (Fsp3) is 1.00. The number of unbranched alkanes of at least 4 members (excludes halogenated alkanes) is 9. The van der Waals surface area contributed by atoms with E-state index >= 15 is 0 Å². The second-order valence-electron chi connectivity index (χ2n) is 8.68. The summed E-state index contributed by atoms with van der Waals surface area (Å²) < 4.78 is 16.6. The van der Waals surface area contributed by atoms with Gasteiger partial charge in [-0.25, -0.2) is 0 Å². The fourth-order valence-electron chi connectivity index (χ4n) is 3.89. The number of hydrogen-bond acceptors (Lipinski definition) is 4. The second kappa shape index (κ2) is 15.9. The maximum absolute atomic E-state index is 6.47. The first-order valence-electron chi connectivity index (χ1n) is 11.3. The van der Waals surface area contributed by atoms with Crippen molar-refractivity contribution >= 4 is 8.80 Å². The van der Waals surface area contributed by atoms with Gasteiger partial charge >= 0.3 is 8.80 Å². The average Bonchev–Trinajstić information content (AvgIpc) is 2.64. The van der Waals surface area contributed by atoms with E-state index in [1.807, 2.05) is 0 Å². The molecule has 4 nitrogen and oxygen atoms in total. The van der Waals surface area contributed by atoms with Gasteiger partial charge in [0.05, 0.1) is 0 Å². The third-order valence-corrected chi connectivity index (χ3v) is 8.76. The Balaban J connectivity index is 3.99. The Kier molecular flexibility index (Phi) is 16.0. The minimum Gasteiger partial charge on any atom is -0.377 e. The lowest BCUT2D eigenvalue weighted by atomic mass is 9.81. The zero-order valence-corrected chi connectivity index (χ0v) is 20.3. The molecule has 0 spiro atoms. The SMILES string of the molecule is CCCCCCCCCCCCC(CCC[Si](OC)(OC)OC)C(C)(C)N. The molecule has 0 saturated carbocycles. The largest absolute Gasteiger partial charge is 0.500 e. The number of rotatable bonds is 19. The molecule has 0 aliphatic heterocycles. The van der Waals surface area contributed by atoms with Gasteiger partial charge in [-0.2, -0.15) is 0 Å². The van der Waals surface area contributed by atoms with E-state index < -0.39 is 8.80 Å². The fourth-order valence-corrected chi connectivity index (χ4v) is 5.64. The van der Waals surface area contributed by atoms with Crippen molar-refractivity contribution < 1.29 is 13.3 Å². The molecular weight excluding hydrogens is 354 g/mol. The normalized spacial score (nSPS) is 13.9. The van der Waals surface area contributed by atoms with Crippen LogP contribution in [0, 0.1) is 5.92 Å². The molecule has 0 aliphatic rings. The van der Waals surface area contributed by atoms with Crippen molar-refractivity contribution in [2.24, 2.45) is 11.7 Å². The van der Waals surface area contributed by atoms with Gasteiger partial charge in [-0.3, -0.25) is 0 Å². The van der Waals surface area contributed by atoms with E-state index in [-0.39, 0.29) is 5.54 Å². The quantitative estimate of drug-likeness (QED) is 0.203. The first-order chi connectivity index (χ1) is 12.8. The highest BCUT2D eigenvalue weighted by atomic mass is 28.4. The molecule has 27 heavy (non-hydrogen) atoms. The maximum atomic E-state index is 6.47. The molecule has 1 unspecified atom stereocenters.